The van der Waals surface area contributed by atoms with Gasteiger partial charge in [0.1, 0.15) is 5.75 Å². The van der Waals surface area contributed by atoms with Gasteiger partial charge in [0.25, 0.3) is 0 Å². The monoisotopic (exact) mass is 274 g/mol. The number of anilines is 1. The van der Waals surface area contributed by atoms with E-state index in [-0.39, 0.29) is 6.04 Å². The summed E-state index contributed by atoms with van der Waals surface area (Å²) in [5, 5.41) is 3.29. The molecule has 0 spiro atoms. The molecule has 3 nitrogen and oxygen atoms in total. The maximum atomic E-state index is 5.85. The number of hydrogen-bond acceptors (Lipinski definition) is 4. The van der Waals surface area contributed by atoms with Gasteiger partial charge in [-0.3, -0.25) is 0 Å². The van der Waals surface area contributed by atoms with E-state index < -0.39 is 0 Å². The molecule has 0 fully saturated rings. The minimum atomic E-state index is 0.0214. The number of nitrogens with one attached hydrogen (secondary N) is 1. The molecule has 0 amide bonds. The van der Waals surface area contributed by atoms with Crippen molar-refractivity contribution in [1.29, 1.82) is 0 Å². The average Bonchev–Trinajstić information content (AvgIpc) is 2.47. The minimum absolute atomic E-state index is 0.0214. The molecular formula is C15H18N2OS. The quantitative estimate of drug-likeness (QED) is 0.709. The average molecular weight is 274 g/mol. The minimum Gasteiger partial charge on any atom is -0.455 e. The topological polar surface area (TPSA) is 47.3 Å². The van der Waals surface area contributed by atoms with Crippen LogP contribution in [0.5, 0.6) is 11.5 Å². The van der Waals surface area contributed by atoms with Gasteiger partial charge in [0, 0.05) is 18.3 Å². The highest BCUT2D eigenvalue weighted by molar-refractivity contribution is 7.80. The maximum Gasteiger partial charge on any atom is 0.150 e. The summed E-state index contributed by atoms with van der Waals surface area (Å²) < 4.78 is 5.85. The second-order valence-corrected chi connectivity index (χ2v) is 4.60. The van der Waals surface area contributed by atoms with Crippen molar-refractivity contribution in [3.05, 3.63) is 54.6 Å². The van der Waals surface area contributed by atoms with Gasteiger partial charge < -0.3 is 15.8 Å². The van der Waals surface area contributed by atoms with Gasteiger partial charge in [-0.1, -0.05) is 30.3 Å². The Kier molecular flexibility index (Phi) is 5.12. The molecule has 0 aliphatic carbocycles. The van der Waals surface area contributed by atoms with Crippen molar-refractivity contribution in [2.24, 2.45) is 5.73 Å². The van der Waals surface area contributed by atoms with Crippen LogP contribution in [0.4, 0.5) is 5.69 Å². The zero-order chi connectivity index (χ0) is 13.5. The highest BCUT2D eigenvalue weighted by Crippen LogP contribution is 2.28. The zero-order valence-electron chi connectivity index (χ0n) is 10.6. The molecule has 2 aromatic rings. The first-order chi connectivity index (χ1) is 9.29. The van der Waals surface area contributed by atoms with Gasteiger partial charge in [0.2, 0.25) is 0 Å². The van der Waals surface area contributed by atoms with E-state index in [1.807, 2.05) is 54.6 Å². The van der Waals surface area contributed by atoms with E-state index in [1.165, 1.54) is 0 Å². The van der Waals surface area contributed by atoms with E-state index >= 15 is 0 Å². The largest absolute Gasteiger partial charge is 0.455 e. The highest BCUT2D eigenvalue weighted by atomic mass is 32.1. The molecule has 0 saturated carbocycles. The van der Waals surface area contributed by atoms with Gasteiger partial charge >= 0.3 is 0 Å². The van der Waals surface area contributed by atoms with E-state index in [2.05, 4.69) is 17.9 Å². The van der Waals surface area contributed by atoms with Crippen molar-refractivity contribution < 1.29 is 4.74 Å². The van der Waals surface area contributed by atoms with E-state index in [9.17, 15) is 0 Å². The Bertz CT molecular complexity index is 505. The first-order valence-corrected chi connectivity index (χ1v) is 6.85. The molecule has 0 radical (unpaired) electrons. The first kappa shape index (κ1) is 13.8. The lowest BCUT2D eigenvalue weighted by Gasteiger charge is -2.15. The summed E-state index contributed by atoms with van der Waals surface area (Å²) in [6.45, 7) is 0.665. The van der Waals surface area contributed by atoms with Crippen molar-refractivity contribution >= 4 is 18.3 Å². The van der Waals surface area contributed by atoms with Gasteiger partial charge in [-0.25, -0.2) is 0 Å². The Hall–Kier alpha value is -1.65. The van der Waals surface area contributed by atoms with Crippen molar-refractivity contribution in [3.63, 3.8) is 0 Å². The molecule has 0 aliphatic rings. The Balaban J connectivity index is 2.08. The lowest BCUT2D eigenvalue weighted by molar-refractivity contribution is 0.484. The van der Waals surface area contributed by atoms with Crippen molar-refractivity contribution in [1.82, 2.24) is 0 Å². The number of para-hydroxylation sites is 3. The number of benzene rings is 2. The molecular weight excluding hydrogens is 256 g/mol. The van der Waals surface area contributed by atoms with Crippen molar-refractivity contribution in [2.75, 3.05) is 17.6 Å². The van der Waals surface area contributed by atoms with Gasteiger partial charge in [0.15, 0.2) is 5.75 Å². The second kappa shape index (κ2) is 7.07. The Labute approximate surface area is 119 Å². The lowest BCUT2D eigenvalue weighted by Crippen LogP contribution is -2.30. The standard InChI is InChI=1S/C15H18N2OS/c16-12(11-19)10-17-14-8-4-5-9-15(14)18-13-6-2-1-3-7-13/h1-9,12,17,19H,10-11,16H2/t12-/m1/s1. The van der Waals surface area contributed by atoms with Crippen LogP contribution in [-0.4, -0.2) is 18.3 Å². The van der Waals surface area contributed by atoms with Crippen LogP contribution >= 0.6 is 12.6 Å². The molecule has 0 saturated heterocycles. The molecule has 100 valence electrons. The highest BCUT2D eigenvalue weighted by Gasteiger charge is 2.05. The molecule has 0 aromatic heterocycles. The van der Waals surface area contributed by atoms with E-state index in [4.69, 9.17) is 10.5 Å². The zero-order valence-corrected chi connectivity index (χ0v) is 11.5. The third-order valence-corrected chi connectivity index (χ3v) is 3.12. The van der Waals surface area contributed by atoms with Crippen LogP contribution in [-0.2, 0) is 0 Å². The predicted octanol–water partition coefficient (Wildman–Crippen LogP) is 3.15. The molecule has 0 unspecified atom stereocenters. The fraction of sp³-hybridized carbons (Fsp3) is 0.200. The molecule has 0 heterocycles. The number of hydrogen-bond donors (Lipinski definition) is 3. The fourth-order valence-corrected chi connectivity index (χ4v) is 1.75. The van der Waals surface area contributed by atoms with Gasteiger partial charge in [-0.15, -0.1) is 0 Å². The predicted molar refractivity (Wildman–Crippen MR) is 83.3 cm³/mol. The Morgan fingerprint density at radius 2 is 1.74 bits per heavy atom. The summed E-state index contributed by atoms with van der Waals surface area (Å²) in [4.78, 5) is 0. The van der Waals surface area contributed by atoms with Crippen LogP contribution in [0.15, 0.2) is 54.6 Å². The third-order valence-electron chi connectivity index (χ3n) is 2.65. The lowest BCUT2D eigenvalue weighted by atomic mass is 10.2. The molecule has 1 atom stereocenters. The summed E-state index contributed by atoms with van der Waals surface area (Å²) >= 11 is 4.17. The molecule has 0 bridgehead atoms. The fourth-order valence-electron chi connectivity index (χ4n) is 1.62. The Morgan fingerprint density at radius 3 is 2.47 bits per heavy atom. The molecule has 2 aromatic carbocycles. The first-order valence-electron chi connectivity index (χ1n) is 6.22. The van der Waals surface area contributed by atoms with Gasteiger partial charge in [-0.05, 0) is 24.3 Å². The second-order valence-electron chi connectivity index (χ2n) is 4.23. The number of rotatable bonds is 6. The number of thiol groups is 1. The van der Waals surface area contributed by atoms with Gasteiger partial charge in [0.05, 0.1) is 5.69 Å². The molecule has 2 rings (SSSR count). The van der Waals surface area contributed by atoms with E-state index in [0.29, 0.717) is 12.3 Å². The van der Waals surface area contributed by atoms with Crippen LogP contribution < -0.4 is 15.8 Å². The van der Waals surface area contributed by atoms with E-state index in [1.54, 1.807) is 0 Å². The summed E-state index contributed by atoms with van der Waals surface area (Å²) in [6.07, 6.45) is 0. The SMILES string of the molecule is N[C@@H](CS)CNc1ccccc1Oc1ccccc1. The molecule has 0 aliphatic heterocycles. The Morgan fingerprint density at radius 1 is 1.05 bits per heavy atom. The van der Waals surface area contributed by atoms with Crippen LogP contribution in [0.3, 0.4) is 0 Å². The number of nitrogens with two attached hydrogens (primary N) is 1. The summed E-state index contributed by atoms with van der Waals surface area (Å²) in [6, 6.07) is 17.5. The van der Waals surface area contributed by atoms with Crippen LogP contribution in [0.2, 0.25) is 0 Å². The van der Waals surface area contributed by atoms with Crippen molar-refractivity contribution in [2.45, 2.75) is 6.04 Å². The van der Waals surface area contributed by atoms with Gasteiger partial charge in [-0.2, -0.15) is 12.6 Å². The molecule has 19 heavy (non-hydrogen) atoms. The normalized spacial score (nSPS) is 11.9. The van der Waals surface area contributed by atoms with E-state index in [0.717, 1.165) is 17.2 Å². The molecule has 3 N–H and O–H groups in total. The smallest absolute Gasteiger partial charge is 0.150 e. The van der Waals surface area contributed by atoms with Crippen LogP contribution in [0.25, 0.3) is 0 Å². The van der Waals surface area contributed by atoms with Crippen molar-refractivity contribution in [3.8, 4) is 11.5 Å². The third kappa shape index (κ3) is 4.19. The van der Waals surface area contributed by atoms with Crippen LogP contribution in [0.1, 0.15) is 0 Å². The maximum absolute atomic E-state index is 5.85. The summed E-state index contributed by atoms with van der Waals surface area (Å²) in [5.74, 6) is 2.25. The summed E-state index contributed by atoms with van der Waals surface area (Å²) in [5.41, 5.74) is 6.78. The van der Waals surface area contributed by atoms with Crippen LogP contribution in [0, 0.1) is 0 Å². The number of ether oxygens (including phenoxy) is 1. The molecule has 4 heteroatoms. The summed E-state index contributed by atoms with van der Waals surface area (Å²) in [7, 11) is 0.